The molecule has 0 bridgehead atoms. The maximum Gasteiger partial charge on any atom is 0.137 e. The van der Waals surface area contributed by atoms with Crippen LogP contribution in [-0.2, 0) is 0 Å². The Bertz CT molecular complexity index is 1720. The van der Waals surface area contributed by atoms with Crippen molar-refractivity contribution in [3.05, 3.63) is 84.9 Å². The van der Waals surface area contributed by atoms with E-state index >= 15 is 0 Å². The van der Waals surface area contributed by atoms with Crippen LogP contribution in [0.3, 0.4) is 0 Å². The van der Waals surface area contributed by atoms with Gasteiger partial charge in [-0.1, -0.05) is 60.7 Å². The van der Waals surface area contributed by atoms with Gasteiger partial charge < -0.3 is 9.40 Å². The SMILES string of the molecule is c1ccc2c(c1)ccc1[nH]c3c(ccc4oc5ccc6ccccc6c5c43)c12. The van der Waals surface area contributed by atoms with E-state index in [1.54, 1.807) is 0 Å². The normalized spacial score (nSPS) is 12.3. The quantitative estimate of drug-likeness (QED) is 0.299. The zero-order chi connectivity index (χ0) is 18.2. The lowest BCUT2D eigenvalue weighted by molar-refractivity contribution is 0.669. The first kappa shape index (κ1) is 14.3. The number of aromatic amines is 1. The molecule has 7 aromatic rings. The summed E-state index contributed by atoms with van der Waals surface area (Å²) in [5, 5.41) is 9.89. The number of hydrogen-bond donors (Lipinski definition) is 1. The van der Waals surface area contributed by atoms with E-state index in [0.29, 0.717) is 0 Å². The highest BCUT2D eigenvalue weighted by Gasteiger charge is 2.17. The predicted molar refractivity (Wildman–Crippen MR) is 118 cm³/mol. The van der Waals surface area contributed by atoms with Crippen LogP contribution in [0.2, 0.25) is 0 Å². The summed E-state index contributed by atoms with van der Waals surface area (Å²) in [6.07, 6.45) is 0. The van der Waals surface area contributed by atoms with Gasteiger partial charge in [0.25, 0.3) is 0 Å². The van der Waals surface area contributed by atoms with Gasteiger partial charge in [0.2, 0.25) is 0 Å². The fourth-order valence-electron chi connectivity index (χ4n) is 4.77. The zero-order valence-corrected chi connectivity index (χ0v) is 15.0. The fourth-order valence-corrected chi connectivity index (χ4v) is 4.77. The maximum atomic E-state index is 6.23. The highest BCUT2D eigenvalue weighted by Crippen LogP contribution is 2.41. The van der Waals surface area contributed by atoms with Crippen LogP contribution in [0.1, 0.15) is 0 Å². The molecule has 0 saturated carbocycles. The summed E-state index contributed by atoms with van der Waals surface area (Å²) in [5.41, 5.74) is 4.18. The van der Waals surface area contributed by atoms with Crippen molar-refractivity contribution < 1.29 is 4.42 Å². The Balaban J connectivity index is 1.79. The monoisotopic (exact) mass is 357 g/mol. The minimum Gasteiger partial charge on any atom is -0.456 e. The van der Waals surface area contributed by atoms with Gasteiger partial charge in [-0.15, -0.1) is 0 Å². The van der Waals surface area contributed by atoms with Crippen molar-refractivity contribution in [2.24, 2.45) is 0 Å². The number of aromatic nitrogens is 1. The molecule has 0 unspecified atom stereocenters. The van der Waals surface area contributed by atoms with Crippen LogP contribution in [0.15, 0.2) is 89.3 Å². The first-order valence-electron chi connectivity index (χ1n) is 9.54. The molecule has 2 nitrogen and oxygen atoms in total. The van der Waals surface area contributed by atoms with Crippen LogP contribution in [-0.4, -0.2) is 4.98 Å². The number of benzene rings is 5. The lowest BCUT2D eigenvalue weighted by atomic mass is 10.0. The first-order valence-corrected chi connectivity index (χ1v) is 9.54. The molecular weight excluding hydrogens is 342 g/mol. The largest absolute Gasteiger partial charge is 0.456 e. The van der Waals surface area contributed by atoms with Gasteiger partial charge in [-0.25, -0.2) is 0 Å². The van der Waals surface area contributed by atoms with E-state index in [1.807, 2.05) is 0 Å². The van der Waals surface area contributed by atoms with Gasteiger partial charge in [-0.2, -0.15) is 0 Å². The average molecular weight is 357 g/mol. The average Bonchev–Trinajstić information content (AvgIpc) is 3.32. The number of hydrogen-bond acceptors (Lipinski definition) is 1. The topological polar surface area (TPSA) is 28.9 Å². The van der Waals surface area contributed by atoms with Crippen LogP contribution < -0.4 is 0 Å². The molecule has 1 N–H and O–H groups in total. The van der Waals surface area contributed by atoms with Crippen molar-refractivity contribution in [2.45, 2.75) is 0 Å². The number of H-pyrrole nitrogens is 1. The molecule has 0 aliphatic heterocycles. The third-order valence-electron chi connectivity index (χ3n) is 5.99. The van der Waals surface area contributed by atoms with Crippen LogP contribution in [0.25, 0.3) is 65.3 Å². The first-order chi connectivity index (χ1) is 13.9. The van der Waals surface area contributed by atoms with Crippen molar-refractivity contribution in [2.75, 3.05) is 0 Å². The standard InChI is InChI=1S/C26H15NO/c1-3-7-17-15(5-1)9-12-20-23(17)19-11-14-22-25(26(19)27-20)24-18-8-4-2-6-16(18)10-13-21(24)28-22/h1-14,27H. The van der Waals surface area contributed by atoms with Gasteiger partial charge in [0, 0.05) is 21.7 Å². The van der Waals surface area contributed by atoms with Gasteiger partial charge in [0.1, 0.15) is 11.2 Å². The van der Waals surface area contributed by atoms with Gasteiger partial charge in [-0.05, 0) is 45.8 Å². The fraction of sp³-hybridized carbons (Fsp3) is 0. The highest BCUT2D eigenvalue weighted by molar-refractivity contribution is 6.31. The van der Waals surface area contributed by atoms with Gasteiger partial charge in [-0.3, -0.25) is 0 Å². The third kappa shape index (κ3) is 1.68. The maximum absolute atomic E-state index is 6.23. The molecule has 0 atom stereocenters. The minimum absolute atomic E-state index is 0.926. The summed E-state index contributed by atoms with van der Waals surface area (Å²) >= 11 is 0. The summed E-state index contributed by atoms with van der Waals surface area (Å²) in [6, 6.07) is 30.0. The molecular formula is C26H15NO. The summed E-state index contributed by atoms with van der Waals surface area (Å²) in [6.45, 7) is 0. The molecule has 0 radical (unpaired) electrons. The lowest BCUT2D eigenvalue weighted by Crippen LogP contribution is -1.75. The predicted octanol–water partition coefficient (Wildman–Crippen LogP) is 7.53. The Labute approximate surface area is 160 Å². The van der Waals surface area contributed by atoms with E-state index in [1.165, 1.54) is 43.1 Å². The summed E-state index contributed by atoms with van der Waals surface area (Å²) in [5.74, 6) is 0. The van der Waals surface area contributed by atoms with Crippen molar-refractivity contribution in [3.8, 4) is 0 Å². The Morgan fingerprint density at radius 2 is 1.14 bits per heavy atom. The third-order valence-corrected chi connectivity index (χ3v) is 5.99. The number of furan rings is 1. The molecule has 7 rings (SSSR count). The number of nitrogens with one attached hydrogen (secondary N) is 1. The Hall–Kier alpha value is -3.78. The number of fused-ring (bicyclic) bond motifs is 11. The second kappa shape index (κ2) is 4.93. The molecule has 0 amide bonds. The van der Waals surface area contributed by atoms with Crippen molar-refractivity contribution in [1.29, 1.82) is 0 Å². The Morgan fingerprint density at radius 3 is 1.96 bits per heavy atom. The molecule has 2 heterocycles. The molecule has 28 heavy (non-hydrogen) atoms. The molecule has 0 aliphatic carbocycles. The molecule has 2 aromatic heterocycles. The summed E-state index contributed by atoms with van der Waals surface area (Å²) in [4.78, 5) is 3.70. The lowest BCUT2D eigenvalue weighted by Gasteiger charge is -2.00. The van der Waals surface area contributed by atoms with E-state index in [9.17, 15) is 0 Å². The summed E-state index contributed by atoms with van der Waals surface area (Å²) in [7, 11) is 0. The van der Waals surface area contributed by atoms with Gasteiger partial charge >= 0.3 is 0 Å². The van der Waals surface area contributed by atoms with Crippen molar-refractivity contribution in [3.63, 3.8) is 0 Å². The van der Waals surface area contributed by atoms with E-state index in [-0.39, 0.29) is 0 Å². The second-order valence-electron chi connectivity index (χ2n) is 7.46. The molecule has 0 spiro atoms. The smallest absolute Gasteiger partial charge is 0.137 e. The van der Waals surface area contributed by atoms with E-state index < -0.39 is 0 Å². The Kier molecular flexibility index (Phi) is 2.52. The molecule has 2 heteroatoms. The number of rotatable bonds is 0. The van der Waals surface area contributed by atoms with E-state index in [0.717, 1.165) is 22.2 Å². The molecule has 0 saturated heterocycles. The minimum atomic E-state index is 0.926. The van der Waals surface area contributed by atoms with Gasteiger partial charge in [0.15, 0.2) is 0 Å². The van der Waals surface area contributed by atoms with Crippen LogP contribution in [0.4, 0.5) is 0 Å². The highest BCUT2D eigenvalue weighted by atomic mass is 16.3. The van der Waals surface area contributed by atoms with E-state index in [4.69, 9.17) is 4.42 Å². The van der Waals surface area contributed by atoms with E-state index in [2.05, 4.69) is 89.9 Å². The molecule has 5 aromatic carbocycles. The Morgan fingerprint density at radius 1 is 0.500 bits per heavy atom. The van der Waals surface area contributed by atoms with Crippen LogP contribution in [0, 0.1) is 0 Å². The van der Waals surface area contributed by atoms with Crippen molar-refractivity contribution in [1.82, 2.24) is 4.98 Å². The van der Waals surface area contributed by atoms with Gasteiger partial charge in [0.05, 0.1) is 10.9 Å². The second-order valence-corrected chi connectivity index (χ2v) is 7.46. The molecule has 0 fully saturated rings. The van der Waals surface area contributed by atoms with Crippen LogP contribution >= 0.6 is 0 Å². The van der Waals surface area contributed by atoms with Crippen molar-refractivity contribution >= 4 is 65.3 Å². The molecule has 0 aliphatic rings. The van der Waals surface area contributed by atoms with Crippen LogP contribution in [0.5, 0.6) is 0 Å². The summed E-state index contributed by atoms with van der Waals surface area (Å²) < 4.78 is 6.23. The molecule has 130 valence electrons. The zero-order valence-electron chi connectivity index (χ0n) is 15.0.